The minimum Gasteiger partial charge on any atom is -0.321 e. The molecule has 0 bridgehead atoms. The number of carbonyl (C=O) groups excluding carboxylic acids is 1. The van der Waals surface area contributed by atoms with E-state index in [2.05, 4.69) is 5.32 Å². The van der Waals surface area contributed by atoms with Crippen LogP contribution in [0.5, 0.6) is 0 Å². The second-order valence-electron chi connectivity index (χ2n) is 3.98. The maximum absolute atomic E-state index is 13.4. The van der Waals surface area contributed by atoms with Gasteiger partial charge in [-0.25, -0.2) is 4.39 Å². The number of hydrogen-bond donors (Lipinski definition) is 1. The molecule has 0 spiro atoms. The number of amides is 1. The molecule has 0 saturated heterocycles. The Bertz CT molecular complexity index is 664. The van der Waals surface area contributed by atoms with Crippen molar-refractivity contribution in [3.8, 4) is 0 Å². The maximum Gasteiger partial charge on any atom is 0.258 e. The molecule has 0 unspecified atom stereocenters. The van der Waals surface area contributed by atoms with Crippen LogP contribution in [0.3, 0.4) is 0 Å². The topological polar surface area (TPSA) is 51.1 Å². The molecule has 98 valence electrons. The van der Waals surface area contributed by atoms with Crippen LogP contribution >= 0.6 is 0 Å². The number of halogens is 1. The summed E-state index contributed by atoms with van der Waals surface area (Å²) >= 11 is 0. The minimum atomic E-state index is -0.580. The lowest BCUT2D eigenvalue weighted by atomic mass is 10.2. The lowest BCUT2D eigenvalue weighted by molar-refractivity contribution is 0.102. The molecular weight excluding hydrogens is 247 g/mol. The monoisotopic (exact) mass is 260 g/mol. The van der Waals surface area contributed by atoms with Gasteiger partial charge in [0.25, 0.3) is 11.5 Å². The summed E-state index contributed by atoms with van der Waals surface area (Å²) in [6, 6.07) is 8.59. The Morgan fingerprint density at radius 1 is 1.26 bits per heavy atom. The first-order chi connectivity index (χ1) is 9.11. The van der Waals surface area contributed by atoms with Crippen LogP contribution in [0.4, 0.5) is 10.1 Å². The van der Waals surface area contributed by atoms with E-state index in [4.69, 9.17) is 0 Å². The van der Waals surface area contributed by atoms with Crippen molar-refractivity contribution < 1.29 is 9.18 Å². The quantitative estimate of drug-likeness (QED) is 0.920. The first-order valence-corrected chi connectivity index (χ1v) is 5.88. The second kappa shape index (κ2) is 5.48. The number of anilines is 1. The van der Waals surface area contributed by atoms with Crippen LogP contribution in [0.15, 0.2) is 47.4 Å². The smallest absolute Gasteiger partial charge is 0.258 e. The average Bonchev–Trinajstić information content (AvgIpc) is 2.41. The van der Waals surface area contributed by atoms with Gasteiger partial charge in [0.15, 0.2) is 0 Å². The summed E-state index contributed by atoms with van der Waals surface area (Å²) in [6.07, 6.45) is 1.53. The van der Waals surface area contributed by atoms with Gasteiger partial charge in [-0.15, -0.1) is 0 Å². The summed E-state index contributed by atoms with van der Waals surface area (Å²) in [5.41, 5.74) is 0.276. The van der Waals surface area contributed by atoms with E-state index < -0.39 is 11.7 Å². The van der Waals surface area contributed by atoms with Crippen molar-refractivity contribution in [2.75, 3.05) is 5.32 Å². The third kappa shape index (κ3) is 2.88. The van der Waals surface area contributed by atoms with E-state index >= 15 is 0 Å². The Balaban J connectivity index is 2.24. The Hall–Kier alpha value is -2.43. The third-order valence-electron chi connectivity index (χ3n) is 2.70. The zero-order valence-corrected chi connectivity index (χ0v) is 10.4. The normalized spacial score (nSPS) is 10.2. The van der Waals surface area contributed by atoms with Gasteiger partial charge in [0.05, 0.1) is 11.3 Å². The lowest BCUT2D eigenvalue weighted by Gasteiger charge is -2.08. The van der Waals surface area contributed by atoms with Gasteiger partial charge in [-0.3, -0.25) is 9.59 Å². The van der Waals surface area contributed by atoms with E-state index in [1.54, 1.807) is 6.07 Å². The SMILES string of the molecule is CCn1cc(NC(=O)c2ccccc2F)ccc1=O. The summed E-state index contributed by atoms with van der Waals surface area (Å²) in [5.74, 6) is -1.12. The Kier molecular flexibility index (Phi) is 3.75. The molecule has 0 fully saturated rings. The molecule has 0 aliphatic carbocycles. The Morgan fingerprint density at radius 2 is 2.00 bits per heavy atom. The highest BCUT2D eigenvalue weighted by Gasteiger charge is 2.11. The number of nitrogens with one attached hydrogen (secondary N) is 1. The van der Waals surface area contributed by atoms with E-state index in [-0.39, 0.29) is 11.1 Å². The molecule has 19 heavy (non-hydrogen) atoms. The number of rotatable bonds is 3. The fraction of sp³-hybridized carbons (Fsp3) is 0.143. The highest BCUT2D eigenvalue weighted by atomic mass is 19.1. The maximum atomic E-state index is 13.4. The van der Waals surface area contributed by atoms with Crippen molar-refractivity contribution >= 4 is 11.6 Å². The molecular formula is C14H13FN2O2. The number of carbonyl (C=O) groups is 1. The van der Waals surface area contributed by atoms with E-state index in [1.165, 1.54) is 41.1 Å². The van der Waals surface area contributed by atoms with Crippen molar-refractivity contribution in [1.82, 2.24) is 4.57 Å². The number of benzene rings is 1. The molecule has 2 aromatic rings. The van der Waals surface area contributed by atoms with E-state index in [0.29, 0.717) is 12.2 Å². The van der Waals surface area contributed by atoms with Gasteiger partial charge in [0.1, 0.15) is 5.82 Å². The van der Waals surface area contributed by atoms with E-state index in [0.717, 1.165) is 0 Å². The zero-order valence-electron chi connectivity index (χ0n) is 10.4. The van der Waals surface area contributed by atoms with Crippen molar-refractivity contribution in [2.45, 2.75) is 13.5 Å². The number of nitrogens with zero attached hydrogens (tertiary/aromatic N) is 1. The van der Waals surface area contributed by atoms with Gasteiger partial charge in [-0.2, -0.15) is 0 Å². The first-order valence-electron chi connectivity index (χ1n) is 5.88. The molecule has 1 aromatic heterocycles. The van der Waals surface area contributed by atoms with Gasteiger partial charge in [0, 0.05) is 18.8 Å². The summed E-state index contributed by atoms with van der Waals surface area (Å²) in [6.45, 7) is 2.33. The van der Waals surface area contributed by atoms with Crippen LogP contribution in [0.25, 0.3) is 0 Å². The molecule has 1 heterocycles. The highest BCUT2D eigenvalue weighted by molar-refractivity contribution is 6.04. The van der Waals surface area contributed by atoms with Crippen molar-refractivity contribution in [3.05, 3.63) is 64.3 Å². The summed E-state index contributed by atoms with van der Waals surface area (Å²) in [7, 11) is 0. The second-order valence-corrected chi connectivity index (χ2v) is 3.98. The Labute approximate surface area is 109 Å². The fourth-order valence-corrected chi connectivity index (χ4v) is 1.70. The van der Waals surface area contributed by atoms with Gasteiger partial charge in [-0.05, 0) is 25.1 Å². The lowest BCUT2D eigenvalue weighted by Crippen LogP contribution is -2.20. The van der Waals surface area contributed by atoms with Gasteiger partial charge in [-0.1, -0.05) is 12.1 Å². The Morgan fingerprint density at radius 3 is 2.68 bits per heavy atom. The van der Waals surface area contributed by atoms with E-state index in [9.17, 15) is 14.0 Å². The summed E-state index contributed by atoms with van der Waals surface area (Å²) in [4.78, 5) is 23.3. The molecule has 4 nitrogen and oxygen atoms in total. The van der Waals surface area contributed by atoms with Crippen molar-refractivity contribution in [1.29, 1.82) is 0 Å². The molecule has 1 aromatic carbocycles. The van der Waals surface area contributed by atoms with Crippen molar-refractivity contribution in [2.24, 2.45) is 0 Å². The predicted octanol–water partition coefficient (Wildman–Crippen LogP) is 2.26. The third-order valence-corrected chi connectivity index (χ3v) is 2.70. The number of hydrogen-bond acceptors (Lipinski definition) is 2. The highest BCUT2D eigenvalue weighted by Crippen LogP contribution is 2.10. The molecule has 5 heteroatoms. The summed E-state index contributed by atoms with van der Waals surface area (Å²) < 4.78 is 14.9. The van der Waals surface area contributed by atoms with Crippen LogP contribution in [0.2, 0.25) is 0 Å². The molecule has 1 amide bonds. The molecule has 0 aliphatic rings. The zero-order chi connectivity index (χ0) is 13.8. The number of aromatic nitrogens is 1. The van der Waals surface area contributed by atoms with Crippen LogP contribution in [-0.2, 0) is 6.54 Å². The van der Waals surface area contributed by atoms with Gasteiger partial charge < -0.3 is 9.88 Å². The van der Waals surface area contributed by atoms with Gasteiger partial charge >= 0.3 is 0 Å². The summed E-state index contributed by atoms with van der Waals surface area (Å²) in [5, 5.41) is 2.56. The molecule has 0 saturated carbocycles. The van der Waals surface area contributed by atoms with Crippen LogP contribution in [-0.4, -0.2) is 10.5 Å². The van der Waals surface area contributed by atoms with E-state index in [1.807, 2.05) is 6.92 Å². The predicted molar refractivity (Wildman–Crippen MR) is 70.7 cm³/mol. The molecule has 0 atom stereocenters. The molecule has 0 aliphatic heterocycles. The minimum absolute atomic E-state index is 0.0308. The number of aryl methyl sites for hydroxylation is 1. The van der Waals surface area contributed by atoms with Crippen LogP contribution < -0.4 is 10.9 Å². The molecule has 1 N–H and O–H groups in total. The van der Waals surface area contributed by atoms with Crippen LogP contribution in [0.1, 0.15) is 17.3 Å². The van der Waals surface area contributed by atoms with Gasteiger partial charge in [0.2, 0.25) is 0 Å². The molecule has 0 radical (unpaired) electrons. The number of pyridine rings is 1. The van der Waals surface area contributed by atoms with Crippen molar-refractivity contribution in [3.63, 3.8) is 0 Å². The standard InChI is InChI=1S/C14H13FN2O2/c1-2-17-9-10(7-8-13(17)18)16-14(19)11-5-3-4-6-12(11)15/h3-9H,2H2,1H3,(H,16,19). The fourth-order valence-electron chi connectivity index (χ4n) is 1.70. The average molecular weight is 260 g/mol. The largest absolute Gasteiger partial charge is 0.321 e. The first kappa shape index (κ1) is 13.0. The molecule has 2 rings (SSSR count). The van der Waals surface area contributed by atoms with Crippen LogP contribution in [0, 0.1) is 5.82 Å².